The van der Waals surface area contributed by atoms with E-state index in [4.69, 9.17) is 4.74 Å². The van der Waals surface area contributed by atoms with Crippen molar-refractivity contribution >= 4 is 11.9 Å². The van der Waals surface area contributed by atoms with Crippen molar-refractivity contribution in [3.63, 3.8) is 0 Å². The summed E-state index contributed by atoms with van der Waals surface area (Å²) in [5.41, 5.74) is -0.798. The lowest BCUT2D eigenvalue weighted by atomic mass is 9.80. The third kappa shape index (κ3) is 4.10. The summed E-state index contributed by atoms with van der Waals surface area (Å²) in [6.07, 6.45) is -0.354. The average Bonchev–Trinajstić information content (AvgIpc) is 2.55. The number of piperidine rings is 1. The number of nitrogens with zero attached hydrogens (tertiary/aromatic N) is 1. The lowest BCUT2D eigenvalue weighted by molar-refractivity contribution is -0.159. The first-order valence-corrected chi connectivity index (χ1v) is 7.81. The van der Waals surface area contributed by atoms with Crippen molar-refractivity contribution in [2.45, 2.75) is 25.4 Å². The molecule has 1 fully saturated rings. The highest BCUT2D eigenvalue weighted by atomic mass is 19.1. The van der Waals surface area contributed by atoms with Crippen molar-refractivity contribution in [3.05, 3.63) is 35.6 Å². The summed E-state index contributed by atoms with van der Waals surface area (Å²) in [5, 5.41) is 19.6. The van der Waals surface area contributed by atoms with Crippen molar-refractivity contribution in [1.29, 1.82) is 0 Å². The zero-order chi connectivity index (χ0) is 17.7. The van der Waals surface area contributed by atoms with Crippen LogP contribution in [0.1, 0.15) is 30.9 Å². The van der Waals surface area contributed by atoms with Gasteiger partial charge >= 0.3 is 5.97 Å². The molecule has 1 aliphatic rings. The molecule has 6 nitrogen and oxygen atoms in total. The van der Waals surface area contributed by atoms with Gasteiger partial charge in [0.15, 0.2) is 0 Å². The van der Waals surface area contributed by atoms with Crippen LogP contribution in [-0.2, 0) is 14.3 Å². The molecular formula is C17H22FNO5. The number of benzene rings is 1. The van der Waals surface area contributed by atoms with Gasteiger partial charge in [-0.1, -0.05) is 12.1 Å². The fourth-order valence-electron chi connectivity index (χ4n) is 3.10. The number of aliphatic carboxylic acids is 1. The number of halogens is 1. The Morgan fingerprint density at radius 1 is 1.46 bits per heavy atom. The minimum Gasteiger partial charge on any atom is -0.481 e. The van der Waals surface area contributed by atoms with E-state index in [0.717, 1.165) is 0 Å². The van der Waals surface area contributed by atoms with E-state index in [1.165, 1.54) is 30.2 Å². The first-order chi connectivity index (χ1) is 11.4. The smallest absolute Gasteiger partial charge is 0.313 e. The Kier molecular flexibility index (Phi) is 5.90. The predicted molar refractivity (Wildman–Crippen MR) is 83.7 cm³/mol. The number of methoxy groups -OCH3 is 1. The highest BCUT2D eigenvalue weighted by molar-refractivity contribution is 5.80. The molecule has 1 aromatic rings. The zero-order valence-electron chi connectivity index (χ0n) is 13.6. The Morgan fingerprint density at radius 3 is 2.83 bits per heavy atom. The number of rotatable bonds is 6. The fraction of sp³-hybridized carbons (Fsp3) is 0.529. The predicted octanol–water partition coefficient (Wildman–Crippen LogP) is 1.59. The fourth-order valence-corrected chi connectivity index (χ4v) is 3.10. The van der Waals surface area contributed by atoms with E-state index in [9.17, 15) is 24.2 Å². The lowest BCUT2D eigenvalue weighted by Crippen LogP contribution is -2.52. The van der Waals surface area contributed by atoms with Crippen LogP contribution in [0.5, 0.6) is 0 Å². The normalized spacial score (nSPS) is 22.2. The standard InChI is InChI=1S/C17H22FNO5/c1-24-11-17(16(22)23)6-3-7-19(10-17)15(21)9-14(20)12-4-2-5-13(18)8-12/h2,4-5,8,14,20H,3,6-7,9-11H2,1H3,(H,22,23). The molecule has 1 aromatic carbocycles. The zero-order valence-corrected chi connectivity index (χ0v) is 13.6. The first-order valence-electron chi connectivity index (χ1n) is 7.81. The Morgan fingerprint density at radius 2 is 2.21 bits per heavy atom. The minimum atomic E-state index is -1.13. The molecular weight excluding hydrogens is 317 g/mol. The van der Waals surface area contributed by atoms with Crippen molar-refractivity contribution in [1.82, 2.24) is 4.90 Å². The van der Waals surface area contributed by atoms with Crippen LogP contribution < -0.4 is 0 Å². The Bertz CT molecular complexity index is 604. The number of carbonyl (C=O) groups is 2. The molecule has 0 bridgehead atoms. The molecule has 132 valence electrons. The lowest BCUT2D eigenvalue weighted by Gasteiger charge is -2.39. The van der Waals surface area contributed by atoms with Crippen molar-refractivity contribution in [3.8, 4) is 0 Å². The SMILES string of the molecule is COCC1(C(=O)O)CCCN(C(=O)CC(O)c2cccc(F)c2)C1. The molecule has 0 spiro atoms. The van der Waals surface area contributed by atoms with Gasteiger partial charge in [-0.25, -0.2) is 4.39 Å². The van der Waals surface area contributed by atoms with Gasteiger partial charge in [-0.15, -0.1) is 0 Å². The van der Waals surface area contributed by atoms with Crippen LogP contribution in [0.25, 0.3) is 0 Å². The van der Waals surface area contributed by atoms with Crippen LogP contribution in [0.15, 0.2) is 24.3 Å². The van der Waals surface area contributed by atoms with Gasteiger partial charge in [-0.05, 0) is 30.5 Å². The van der Waals surface area contributed by atoms with Crippen LogP contribution in [0.2, 0.25) is 0 Å². The number of ether oxygens (including phenoxy) is 1. The van der Waals surface area contributed by atoms with Gasteiger partial charge in [0.2, 0.25) is 5.91 Å². The van der Waals surface area contributed by atoms with Gasteiger partial charge in [-0.3, -0.25) is 9.59 Å². The molecule has 1 heterocycles. The second-order valence-corrected chi connectivity index (χ2v) is 6.21. The molecule has 0 saturated carbocycles. The summed E-state index contributed by atoms with van der Waals surface area (Å²) in [5.74, 6) is -1.83. The van der Waals surface area contributed by atoms with Crippen molar-refractivity contribution in [2.24, 2.45) is 5.41 Å². The molecule has 0 radical (unpaired) electrons. The highest BCUT2D eigenvalue weighted by Gasteiger charge is 2.43. The van der Waals surface area contributed by atoms with E-state index in [1.54, 1.807) is 6.07 Å². The molecule has 24 heavy (non-hydrogen) atoms. The number of likely N-dealkylation sites (tertiary alicyclic amines) is 1. The maximum atomic E-state index is 13.2. The van der Waals surface area contributed by atoms with E-state index in [2.05, 4.69) is 0 Å². The molecule has 0 aromatic heterocycles. The molecule has 2 rings (SSSR count). The molecule has 2 unspecified atom stereocenters. The molecule has 1 saturated heterocycles. The monoisotopic (exact) mass is 339 g/mol. The number of carboxylic acid groups (broad SMARTS) is 1. The summed E-state index contributed by atoms with van der Waals surface area (Å²) in [6.45, 7) is 0.511. The Hall–Kier alpha value is -1.99. The van der Waals surface area contributed by atoms with Gasteiger partial charge in [0, 0.05) is 20.2 Å². The molecule has 2 N–H and O–H groups in total. The van der Waals surface area contributed by atoms with E-state index >= 15 is 0 Å². The van der Waals surface area contributed by atoms with E-state index in [0.29, 0.717) is 24.9 Å². The number of hydrogen-bond donors (Lipinski definition) is 2. The van der Waals surface area contributed by atoms with Crippen LogP contribution >= 0.6 is 0 Å². The summed E-state index contributed by atoms with van der Waals surface area (Å²) < 4.78 is 18.2. The topological polar surface area (TPSA) is 87.1 Å². The molecule has 0 aliphatic carbocycles. The minimum absolute atomic E-state index is 0.0264. The van der Waals surface area contributed by atoms with Crippen LogP contribution in [0, 0.1) is 11.2 Å². The summed E-state index contributed by atoms with van der Waals surface area (Å²) in [4.78, 5) is 25.5. The second kappa shape index (κ2) is 7.72. The van der Waals surface area contributed by atoms with Crippen LogP contribution in [0.3, 0.4) is 0 Å². The van der Waals surface area contributed by atoms with Gasteiger partial charge < -0.3 is 19.8 Å². The van der Waals surface area contributed by atoms with Crippen LogP contribution in [0.4, 0.5) is 4.39 Å². The Balaban J connectivity index is 2.05. The number of hydrogen-bond acceptors (Lipinski definition) is 4. The van der Waals surface area contributed by atoms with Gasteiger partial charge in [0.1, 0.15) is 11.2 Å². The second-order valence-electron chi connectivity index (χ2n) is 6.21. The Labute approximate surface area is 139 Å². The van der Waals surface area contributed by atoms with E-state index < -0.39 is 23.3 Å². The maximum absolute atomic E-state index is 13.2. The van der Waals surface area contributed by atoms with E-state index in [-0.39, 0.29) is 25.5 Å². The average molecular weight is 339 g/mol. The number of carbonyl (C=O) groups excluding carboxylic acids is 1. The third-order valence-electron chi connectivity index (χ3n) is 4.41. The molecule has 1 amide bonds. The number of carboxylic acids is 1. The summed E-state index contributed by atoms with van der Waals surface area (Å²) in [7, 11) is 1.43. The largest absolute Gasteiger partial charge is 0.481 e. The van der Waals surface area contributed by atoms with Gasteiger partial charge in [0.05, 0.1) is 19.1 Å². The molecule has 7 heteroatoms. The van der Waals surface area contributed by atoms with Crippen molar-refractivity contribution < 1.29 is 28.9 Å². The van der Waals surface area contributed by atoms with Crippen LogP contribution in [-0.4, -0.2) is 53.8 Å². The number of aliphatic hydroxyl groups excluding tert-OH is 1. The quantitative estimate of drug-likeness (QED) is 0.822. The highest BCUT2D eigenvalue weighted by Crippen LogP contribution is 2.32. The van der Waals surface area contributed by atoms with E-state index in [1.807, 2.05) is 0 Å². The van der Waals surface area contributed by atoms with Gasteiger partial charge in [0.25, 0.3) is 0 Å². The number of aliphatic hydroxyl groups is 1. The summed E-state index contributed by atoms with van der Waals surface area (Å²) in [6, 6.07) is 5.45. The summed E-state index contributed by atoms with van der Waals surface area (Å²) >= 11 is 0. The van der Waals surface area contributed by atoms with Crippen molar-refractivity contribution in [2.75, 3.05) is 26.8 Å². The first kappa shape index (κ1) is 18.4. The third-order valence-corrected chi connectivity index (χ3v) is 4.41. The molecule has 2 atom stereocenters. The molecule has 1 aliphatic heterocycles. The maximum Gasteiger partial charge on any atom is 0.313 e. The number of amides is 1. The van der Waals surface area contributed by atoms with Gasteiger partial charge in [-0.2, -0.15) is 0 Å².